The molecule has 0 atom stereocenters. The van der Waals surface area contributed by atoms with E-state index in [0.717, 1.165) is 28.3 Å². The minimum atomic E-state index is -4.57. The molecule has 7 heteroatoms. The first kappa shape index (κ1) is 16.0. The van der Waals surface area contributed by atoms with Crippen molar-refractivity contribution in [1.29, 1.82) is 0 Å². The molecule has 0 fully saturated rings. The second kappa shape index (κ2) is 5.67. The van der Waals surface area contributed by atoms with Gasteiger partial charge in [-0.05, 0) is 31.0 Å². The first-order valence-corrected chi connectivity index (χ1v) is 7.13. The Morgan fingerprint density at radius 2 is 1.79 bits per heavy atom. The van der Waals surface area contributed by atoms with Crippen molar-refractivity contribution in [2.45, 2.75) is 20.0 Å². The zero-order valence-corrected chi connectivity index (χ0v) is 13.0. The Kier molecular flexibility index (Phi) is 3.79. The van der Waals surface area contributed by atoms with E-state index < -0.39 is 11.9 Å². The molecule has 0 aliphatic heterocycles. The molecule has 0 bridgehead atoms. The molecule has 3 rings (SSSR count). The van der Waals surface area contributed by atoms with Crippen molar-refractivity contribution in [1.82, 2.24) is 10.1 Å². The van der Waals surface area contributed by atoms with Crippen LogP contribution in [0.15, 0.2) is 41.1 Å². The average Bonchev–Trinajstić information content (AvgIpc) is 3.00. The third-order valence-electron chi connectivity index (χ3n) is 3.69. The Balaban J connectivity index is 2.10. The van der Waals surface area contributed by atoms with Crippen LogP contribution in [0.2, 0.25) is 0 Å². The third-order valence-corrected chi connectivity index (χ3v) is 3.69. The lowest BCUT2D eigenvalue weighted by Crippen LogP contribution is -2.04. The number of nitrogens with two attached hydrogens (primary N) is 1. The van der Waals surface area contributed by atoms with E-state index in [1.165, 1.54) is 0 Å². The van der Waals surface area contributed by atoms with E-state index in [4.69, 9.17) is 10.3 Å². The zero-order valence-electron chi connectivity index (χ0n) is 13.0. The minimum absolute atomic E-state index is 0.0699. The summed E-state index contributed by atoms with van der Waals surface area (Å²) >= 11 is 0. The van der Waals surface area contributed by atoms with Gasteiger partial charge in [-0.2, -0.15) is 13.2 Å². The number of aromatic nitrogens is 2. The van der Waals surface area contributed by atoms with Gasteiger partial charge in [0.25, 0.3) is 0 Å². The van der Waals surface area contributed by atoms with Crippen LogP contribution in [-0.2, 0) is 6.18 Å². The highest BCUT2D eigenvalue weighted by molar-refractivity contribution is 5.78. The van der Waals surface area contributed by atoms with Gasteiger partial charge in [0.05, 0.1) is 5.56 Å². The van der Waals surface area contributed by atoms with E-state index in [-0.39, 0.29) is 17.1 Å². The third kappa shape index (κ3) is 2.97. The van der Waals surface area contributed by atoms with Gasteiger partial charge in [-0.25, -0.2) is 4.98 Å². The van der Waals surface area contributed by atoms with Crippen LogP contribution in [0.25, 0.3) is 22.5 Å². The molecule has 4 nitrogen and oxygen atoms in total. The van der Waals surface area contributed by atoms with Crippen molar-refractivity contribution in [2.24, 2.45) is 0 Å². The van der Waals surface area contributed by atoms with Gasteiger partial charge in [0.1, 0.15) is 5.82 Å². The summed E-state index contributed by atoms with van der Waals surface area (Å²) in [7, 11) is 0. The lowest BCUT2D eigenvalue weighted by Gasteiger charge is -2.09. The standard InChI is InChI=1S/C17H14F3N3O/c1-9-3-4-10(2)12(5-9)11-6-13(16(21)22-8-11)14-7-15(23-24-14)17(18,19)20/h3-8H,1-2H3,(H2,21,22). The average molecular weight is 333 g/mol. The Hall–Kier alpha value is -2.83. The maximum atomic E-state index is 12.7. The fourth-order valence-electron chi connectivity index (χ4n) is 2.40. The molecular formula is C17H14F3N3O. The van der Waals surface area contributed by atoms with Gasteiger partial charge in [-0.3, -0.25) is 0 Å². The molecule has 1 aromatic carbocycles. The molecule has 24 heavy (non-hydrogen) atoms. The number of alkyl halides is 3. The molecule has 0 aliphatic carbocycles. The first-order chi connectivity index (χ1) is 11.3. The molecular weight excluding hydrogens is 319 g/mol. The summed E-state index contributed by atoms with van der Waals surface area (Å²) in [4.78, 5) is 4.08. The maximum absolute atomic E-state index is 12.7. The van der Waals surface area contributed by atoms with E-state index in [1.54, 1.807) is 12.3 Å². The monoisotopic (exact) mass is 333 g/mol. The highest BCUT2D eigenvalue weighted by Crippen LogP contribution is 2.35. The van der Waals surface area contributed by atoms with Crippen molar-refractivity contribution < 1.29 is 17.7 Å². The fraction of sp³-hybridized carbons (Fsp3) is 0.176. The number of halogens is 3. The van der Waals surface area contributed by atoms with Crippen molar-refractivity contribution >= 4 is 5.82 Å². The molecule has 0 saturated heterocycles. The van der Waals surface area contributed by atoms with Gasteiger partial charge in [0, 0.05) is 17.8 Å². The lowest BCUT2D eigenvalue weighted by molar-refractivity contribution is -0.142. The number of nitrogen functional groups attached to an aromatic ring is 1. The number of hydrogen-bond acceptors (Lipinski definition) is 4. The summed E-state index contributed by atoms with van der Waals surface area (Å²) < 4.78 is 42.9. The molecule has 2 heterocycles. The topological polar surface area (TPSA) is 64.9 Å². The lowest BCUT2D eigenvalue weighted by atomic mass is 9.98. The van der Waals surface area contributed by atoms with E-state index in [2.05, 4.69) is 10.1 Å². The minimum Gasteiger partial charge on any atom is -0.383 e. The smallest absolute Gasteiger partial charge is 0.383 e. The number of pyridine rings is 1. The Labute approximate surface area is 136 Å². The summed E-state index contributed by atoms with van der Waals surface area (Å²) in [6.45, 7) is 3.90. The van der Waals surface area contributed by atoms with Crippen molar-refractivity contribution in [2.75, 3.05) is 5.73 Å². The molecule has 0 amide bonds. The summed E-state index contributed by atoms with van der Waals surface area (Å²) in [6.07, 6.45) is -2.99. The van der Waals surface area contributed by atoms with Crippen LogP contribution in [0.1, 0.15) is 16.8 Å². The highest BCUT2D eigenvalue weighted by atomic mass is 19.4. The van der Waals surface area contributed by atoms with Gasteiger partial charge in [-0.1, -0.05) is 28.9 Å². The molecule has 0 saturated carbocycles. The van der Waals surface area contributed by atoms with Gasteiger partial charge < -0.3 is 10.3 Å². The van der Waals surface area contributed by atoms with Crippen LogP contribution in [0, 0.1) is 13.8 Å². The second-order valence-electron chi connectivity index (χ2n) is 5.55. The van der Waals surface area contributed by atoms with Crippen molar-refractivity contribution in [3.8, 4) is 22.5 Å². The Bertz CT molecular complexity index is 900. The Morgan fingerprint density at radius 1 is 1.04 bits per heavy atom. The van der Waals surface area contributed by atoms with Crippen molar-refractivity contribution in [3.05, 3.63) is 53.3 Å². The normalized spacial score (nSPS) is 11.7. The number of aryl methyl sites for hydroxylation is 2. The molecule has 2 aromatic heterocycles. The van der Waals surface area contributed by atoms with Crippen LogP contribution in [0.5, 0.6) is 0 Å². The second-order valence-corrected chi connectivity index (χ2v) is 5.55. The Morgan fingerprint density at radius 3 is 2.46 bits per heavy atom. The van der Waals surface area contributed by atoms with E-state index in [0.29, 0.717) is 0 Å². The number of benzene rings is 1. The quantitative estimate of drug-likeness (QED) is 0.743. The van der Waals surface area contributed by atoms with Crippen LogP contribution < -0.4 is 5.73 Å². The first-order valence-electron chi connectivity index (χ1n) is 7.13. The van der Waals surface area contributed by atoms with E-state index in [1.807, 2.05) is 32.0 Å². The largest absolute Gasteiger partial charge is 0.436 e. The number of anilines is 1. The van der Waals surface area contributed by atoms with Gasteiger partial charge >= 0.3 is 6.18 Å². The van der Waals surface area contributed by atoms with Gasteiger partial charge in [0.2, 0.25) is 0 Å². The molecule has 3 aromatic rings. The highest BCUT2D eigenvalue weighted by Gasteiger charge is 2.35. The number of rotatable bonds is 2. The molecule has 0 aliphatic rings. The van der Waals surface area contributed by atoms with Crippen LogP contribution in [0.4, 0.5) is 19.0 Å². The molecule has 124 valence electrons. The zero-order chi connectivity index (χ0) is 17.5. The van der Waals surface area contributed by atoms with E-state index in [9.17, 15) is 13.2 Å². The maximum Gasteiger partial charge on any atom is 0.436 e. The number of nitrogens with zero attached hydrogens (tertiary/aromatic N) is 2. The SMILES string of the molecule is Cc1ccc(C)c(-c2cnc(N)c(-c3cc(C(F)(F)F)no3)c2)c1. The summed E-state index contributed by atoms with van der Waals surface area (Å²) in [5, 5.41) is 3.06. The molecule has 0 unspecified atom stereocenters. The predicted molar refractivity (Wildman–Crippen MR) is 84.1 cm³/mol. The number of hydrogen-bond donors (Lipinski definition) is 1. The van der Waals surface area contributed by atoms with Crippen molar-refractivity contribution in [3.63, 3.8) is 0 Å². The van der Waals surface area contributed by atoms with Crippen LogP contribution >= 0.6 is 0 Å². The van der Waals surface area contributed by atoms with E-state index >= 15 is 0 Å². The summed E-state index contributed by atoms with van der Waals surface area (Å²) in [5.74, 6) is 0.00779. The van der Waals surface area contributed by atoms with Gasteiger partial charge in [0.15, 0.2) is 11.5 Å². The molecule has 2 N–H and O–H groups in total. The van der Waals surface area contributed by atoms with Crippen LogP contribution in [-0.4, -0.2) is 10.1 Å². The predicted octanol–water partition coefficient (Wildman–Crippen LogP) is 4.62. The summed E-state index contributed by atoms with van der Waals surface area (Å²) in [5.41, 5.74) is 8.73. The van der Waals surface area contributed by atoms with Crippen LogP contribution in [0.3, 0.4) is 0 Å². The summed E-state index contributed by atoms with van der Waals surface area (Å²) in [6, 6.07) is 8.41. The van der Waals surface area contributed by atoms with Gasteiger partial charge in [-0.15, -0.1) is 0 Å². The molecule has 0 spiro atoms. The fourth-order valence-corrected chi connectivity index (χ4v) is 2.40. The molecule has 0 radical (unpaired) electrons.